The van der Waals surface area contributed by atoms with Crippen LogP contribution in [0.3, 0.4) is 0 Å². The Labute approximate surface area is 140 Å². The molecule has 1 N–H and O–H groups in total. The van der Waals surface area contributed by atoms with Crippen LogP contribution in [0.5, 0.6) is 0 Å². The third-order valence-corrected chi connectivity index (χ3v) is 4.27. The zero-order valence-corrected chi connectivity index (χ0v) is 13.4. The Hall–Kier alpha value is -2.47. The first-order chi connectivity index (χ1) is 11.8. The highest BCUT2D eigenvalue weighted by atomic mass is 16.5. The van der Waals surface area contributed by atoms with Crippen molar-refractivity contribution in [2.45, 2.75) is 18.9 Å². The highest BCUT2D eigenvalue weighted by Crippen LogP contribution is 2.21. The van der Waals surface area contributed by atoms with Crippen LogP contribution >= 0.6 is 0 Å². The highest BCUT2D eigenvalue weighted by Gasteiger charge is 2.24. The van der Waals surface area contributed by atoms with Gasteiger partial charge in [0.25, 0.3) is 5.91 Å². The summed E-state index contributed by atoms with van der Waals surface area (Å²) < 4.78 is 5.36. The lowest BCUT2D eigenvalue weighted by molar-refractivity contribution is 0.0946. The molecule has 24 heavy (non-hydrogen) atoms. The van der Waals surface area contributed by atoms with E-state index < -0.39 is 0 Å². The summed E-state index contributed by atoms with van der Waals surface area (Å²) >= 11 is 0. The normalized spacial score (nSPS) is 17.6. The molecular formula is C18H20N4O2. The van der Waals surface area contributed by atoms with Gasteiger partial charge < -0.3 is 15.0 Å². The summed E-state index contributed by atoms with van der Waals surface area (Å²) in [6.45, 7) is 3.20. The number of hydrogen-bond donors (Lipinski definition) is 1. The van der Waals surface area contributed by atoms with Crippen LogP contribution in [0.25, 0.3) is 11.3 Å². The molecule has 0 radical (unpaired) electrons. The van der Waals surface area contributed by atoms with Crippen LogP contribution in [-0.4, -0.2) is 48.2 Å². The van der Waals surface area contributed by atoms with Crippen molar-refractivity contribution in [3.63, 3.8) is 0 Å². The van der Waals surface area contributed by atoms with Crippen LogP contribution in [0.2, 0.25) is 0 Å². The van der Waals surface area contributed by atoms with Gasteiger partial charge in [-0.1, -0.05) is 6.07 Å². The molecule has 0 spiro atoms. The Morgan fingerprint density at radius 2 is 2.00 bits per heavy atom. The molecule has 0 aromatic carbocycles. The molecule has 6 heteroatoms. The minimum absolute atomic E-state index is 0.0998. The van der Waals surface area contributed by atoms with Crippen LogP contribution in [0.15, 0.2) is 36.5 Å². The van der Waals surface area contributed by atoms with E-state index >= 15 is 0 Å². The van der Waals surface area contributed by atoms with Gasteiger partial charge in [0, 0.05) is 30.9 Å². The Morgan fingerprint density at radius 3 is 2.71 bits per heavy atom. The third kappa shape index (κ3) is 3.38. The van der Waals surface area contributed by atoms with Crippen LogP contribution < -0.4 is 10.2 Å². The number of nitrogens with one attached hydrogen (secondary N) is 1. The largest absolute Gasteiger partial charge is 0.378 e. The van der Waals surface area contributed by atoms with Gasteiger partial charge in [-0.2, -0.15) is 0 Å². The molecule has 2 aliphatic rings. The smallest absolute Gasteiger partial charge is 0.270 e. The first-order valence-electron chi connectivity index (χ1n) is 8.37. The van der Waals surface area contributed by atoms with E-state index in [1.807, 2.05) is 30.5 Å². The molecule has 1 saturated heterocycles. The molecule has 2 fully saturated rings. The molecule has 1 aliphatic heterocycles. The van der Waals surface area contributed by atoms with Gasteiger partial charge in [-0.25, -0.2) is 9.97 Å². The predicted octanol–water partition coefficient (Wildman–Crippen LogP) is 1.87. The zero-order chi connectivity index (χ0) is 16.4. The molecule has 3 heterocycles. The fourth-order valence-electron chi connectivity index (χ4n) is 2.73. The third-order valence-electron chi connectivity index (χ3n) is 4.27. The van der Waals surface area contributed by atoms with E-state index in [9.17, 15) is 4.79 Å². The fraction of sp³-hybridized carbons (Fsp3) is 0.389. The quantitative estimate of drug-likeness (QED) is 0.930. The summed E-state index contributed by atoms with van der Waals surface area (Å²) in [6, 6.07) is 9.84. The zero-order valence-electron chi connectivity index (χ0n) is 13.4. The highest BCUT2D eigenvalue weighted by molar-refractivity contribution is 5.93. The minimum Gasteiger partial charge on any atom is -0.378 e. The van der Waals surface area contributed by atoms with Crippen LogP contribution in [0.4, 0.5) is 5.82 Å². The first kappa shape index (κ1) is 15.1. The number of hydrogen-bond acceptors (Lipinski definition) is 5. The second kappa shape index (κ2) is 6.57. The van der Waals surface area contributed by atoms with E-state index in [2.05, 4.69) is 20.2 Å². The molecule has 0 unspecified atom stereocenters. The lowest BCUT2D eigenvalue weighted by Gasteiger charge is -2.27. The van der Waals surface area contributed by atoms with Gasteiger partial charge in [-0.3, -0.25) is 4.79 Å². The number of carbonyl (C=O) groups excluding carboxylic acids is 1. The van der Waals surface area contributed by atoms with E-state index in [1.165, 1.54) is 0 Å². The van der Waals surface area contributed by atoms with Gasteiger partial charge >= 0.3 is 0 Å². The van der Waals surface area contributed by atoms with E-state index in [0.29, 0.717) is 11.7 Å². The van der Waals surface area contributed by atoms with E-state index in [-0.39, 0.29) is 5.91 Å². The van der Waals surface area contributed by atoms with Crippen molar-refractivity contribution in [3.8, 4) is 11.3 Å². The maximum Gasteiger partial charge on any atom is 0.270 e. The Morgan fingerprint density at radius 1 is 1.17 bits per heavy atom. The fourth-order valence-corrected chi connectivity index (χ4v) is 2.73. The van der Waals surface area contributed by atoms with Gasteiger partial charge in [0.2, 0.25) is 0 Å². The molecule has 4 rings (SSSR count). The molecule has 2 aromatic heterocycles. The Bertz CT molecular complexity index is 722. The summed E-state index contributed by atoms with van der Waals surface area (Å²) in [6.07, 6.45) is 3.95. The molecule has 124 valence electrons. The topological polar surface area (TPSA) is 67.4 Å². The van der Waals surface area contributed by atoms with Gasteiger partial charge in [-0.05, 0) is 37.1 Å². The molecule has 0 atom stereocenters. The van der Waals surface area contributed by atoms with Crippen molar-refractivity contribution in [1.82, 2.24) is 15.3 Å². The lowest BCUT2D eigenvalue weighted by Crippen LogP contribution is -2.36. The molecular weight excluding hydrogens is 304 g/mol. The summed E-state index contributed by atoms with van der Waals surface area (Å²) in [5.74, 6) is 0.849. The molecule has 1 saturated carbocycles. The van der Waals surface area contributed by atoms with Crippen molar-refractivity contribution in [1.29, 1.82) is 0 Å². The summed E-state index contributed by atoms with van der Waals surface area (Å²) in [5.41, 5.74) is 2.13. The number of ether oxygens (including phenoxy) is 1. The average Bonchev–Trinajstić information content (AvgIpc) is 3.47. The number of rotatable bonds is 4. The summed E-state index contributed by atoms with van der Waals surface area (Å²) in [7, 11) is 0. The van der Waals surface area contributed by atoms with Gasteiger partial charge in [0.1, 0.15) is 11.5 Å². The number of anilines is 1. The van der Waals surface area contributed by atoms with Gasteiger partial charge in [-0.15, -0.1) is 0 Å². The maximum atomic E-state index is 12.1. The number of amides is 1. The standard InChI is InChI=1S/C18H20N4O2/c23-18(20-14-5-6-14)16-3-1-2-15(21-16)13-4-7-17(19-12-13)22-8-10-24-11-9-22/h1-4,7,12,14H,5-6,8-11H2,(H,20,23). The average molecular weight is 324 g/mol. The first-order valence-corrected chi connectivity index (χ1v) is 8.37. The van der Waals surface area contributed by atoms with Crippen LogP contribution in [-0.2, 0) is 4.74 Å². The van der Waals surface area contributed by atoms with E-state index in [0.717, 1.165) is 56.2 Å². The summed E-state index contributed by atoms with van der Waals surface area (Å²) in [5, 5.41) is 2.97. The number of morpholine rings is 1. The molecule has 6 nitrogen and oxygen atoms in total. The van der Waals surface area contributed by atoms with Gasteiger partial charge in [0.15, 0.2) is 0 Å². The number of carbonyl (C=O) groups is 1. The SMILES string of the molecule is O=C(NC1CC1)c1cccc(-c2ccc(N3CCOCC3)nc2)n1. The van der Waals surface area contributed by atoms with E-state index in [1.54, 1.807) is 6.07 Å². The van der Waals surface area contributed by atoms with Crippen molar-refractivity contribution in [2.24, 2.45) is 0 Å². The molecule has 1 aliphatic carbocycles. The monoisotopic (exact) mass is 324 g/mol. The summed E-state index contributed by atoms with van der Waals surface area (Å²) in [4.78, 5) is 23.4. The Balaban J connectivity index is 1.51. The Kier molecular flexibility index (Phi) is 4.13. The molecule has 0 bridgehead atoms. The molecule has 2 aromatic rings. The maximum absolute atomic E-state index is 12.1. The van der Waals surface area contributed by atoms with Gasteiger partial charge in [0.05, 0.1) is 18.9 Å². The van der Waals surface area contributed by atoms with Crippen molar-refractivity contribution in [2.75, 3.05) is 31.2 Å². The predicted molar refractivity (Wildman–Crippen MR) is 91.0 cm³/mol. The van der Waals surface area contributed by atoms with Crippen molar-refractivity contribution in [3.05, 3.63) is 42.2 Å². The molecule has 1 amide bonds. The number of pyridine rings is 2. The second-order valence-electron chi connectivity index (χ2n) is 6.16. The van der Waals surface area contributed by atoms with Crippen molar-refractivity contribution < 1.29 is 9.53 Å². The number of nitrogens with zero attached hydrogens (tertiary/aromatic N) is 3. The van der Waals surface area contributed by atoms with Crippen LogP contribution in [0, 0.1) is 0 Å². The van der Waals surface area contributed by atoms with Crippen LogP contribution in [0.1, 0.15) is 23.3 Å². The van der Waals surface area contributed by atoms with Crippen molar-refractivity contribution >= 4 is 11.7 Å². The lowest BCUT2D eigenvalue weighted by atomic mass is 10.1. The van der Waals surface area contributed by atoms with E-state index in [4.69, 9.17) is 4.74 Å². The number of aromatic nitrogens is 2. The second-order valence-corrected chi connectivity index (χ2v) is 6.16. The minimum atomic E-state index is -0.0998.